The number of terminal acetylenes is 1. The molecule has 0 fully saturated rings. The van der Waals surface area contributed by atoms with E-state index in [-0.39, 0.29) is 11.6 Å². The summed E-state index contributed by atoms with van der Waals surface area (Å²) in [4.78, 5) is 43.9. The number of primary amides is 2. The van der Waals surface area contributed by atoms with Crippen LogP contribution in [0.2, 0.25) is 0 Å². The Hall–Kier alpha value is -6.07. The van der Waals surface area contributed by atoms with Gasteiger partial charge in [-0.1, -0.05) is 5.92 Å². The molecule has 5 heterocycles. The molecule has 11 heteroatoms. The van der Waals surface area contributed by atoms with Gasteiger partial charge in [-0.2, -0.15) is 0 Å². The van der Waals surface area contributed by atoms with Crippen LogP contribution < -0.4 is 11.5 Å². The van der Waals surface area contributed by atoms with Gasteiger partial charge in [0.1, 0.15) is 11.4 Å². The Bertz CT molecular complexity index is 1870. The molecule has 0 spiro atoms. The number of imidazole rings is 2. The molecule has 5 aromatic rings. The molecule has 0 atom stereocenters. The van der Waals surface area contributed by atoms with Crippen molar-refractivity contribution in [3.63, 3.8) is 0 Å². The Labute approximate surface area is 242 Å². The van der Waals surface area contributed by atoms with Crippen molar-refractivity contribution in [3.05, 3.63) is 113 Å². The van der Waals surface area contributed by atoms with E-state index in [0.29, 0.717) is 28.5 Å². The zero-order valence-corrected chi connectivity index (χ0v) is 23.5. The van der Waals surface area contributed by atoms with Crippen LogP contribution in [0, 0.1) is 51.9 Å². The summed E-state index contributed by atoms with van der Waals surface area (Å²) in [5.74, 6) is 7.40. The van der Waals surface area contributed by atoms with Gasteiger partial charge in [0.2, 0.25) is 11.6 Å². The number of aryl methyl sites for hydroxylation is 2. The first-order valence-corrected chi connectivity index (χ1v) is 12.6. The fourth-order valence-electron chi connectivity index (χ4n) is 3.97. The second-order valence-corrected chi connectivity index (χ2v) is 9.09. The minimum Gasteiger partial charge on any atom is -0.363 e. The fraction of sp³-hybridized carbons (Fsp3) is 0.129. The van der Waals surface area contributed by atoms with Crippen molar-refractivity contribution in [3.8, 4) is 35.6 Å². The summed E-state index contributed by atoms with van der Waals surface area (Å²) >= 11 is 0. The predicted octanol–water partition coefficient (Wildman–Crippen LogP) is 2.74. The van der Waals surface area contributed by atoms with Gasteiger partial charge in [-0.3, -0.25) is 33.7 Å². The van der Waals surface area contributed by atoms with Gasteiger partial charge in [-0.25, -0.2) is 9.97 Å². The first-order valence-electron chi connectivity index (χ1n) is 12.6. The maximum atomic E-state index is 11.8. The molecule has 0 unspecified atom stereocenters. The fourth-order valence-corrected chi connectivity index (χ4v) is 3.97. The molecule has 208 valence electrons. The highest BCUT2D eigenvalue weighted by atomic mass is 16.1. The van der Waals surface area contributed by atoms with Crippen LogP contribution >= 0.6 is 0 Å². The van der Waals surface area contributed by atoms with Crippen LogP contribution in [0.15, 0.2) is 61.2 Å². The Kier molecular flexibility index (Phi) is 8.55. The lowest BCUT2D eigenvalue weighted by molar-refractivity contribution is 0.0980. The summed E-state index contributed by atoms with van der Waals surface area (Å²) in [6.07, 6.45) is 12.0. The molecule has 0 bridgehead atoms. The molecule has 5 rings (SSSR count). The largest absolute Gasteiger partial charge is 0.363 e. The number of nitrogens with zero attached hydrogens (tertiary/aromatic N) is 7. The van der Waals surface area contributed by atoms with E-state index in [0.717, 1.165) is 22.6 Å². The number of pyridine rings is 3. The predicted molar refractivity (Wildman–Crippen MR) is 157 cm³/mol. The number of carbonyl (C=O) groups is 2. The van der Waals surface area contributed by atoms with E-state index in [9.17, 15) is 9.59 Å². The van der Waals surface area contributed by atoms with Crippen LogP contribution in [-0.4, -0.2) is 45.9 Å². The monoisotopic (exact) mass is 557 g/mol. The summed E-state index contributed by atoms with van der Waals surface area (Å²) < 4.78 is 3.28. The van der Waals surface area contributed by atoms with Crippen LogP contribution in [0.5, 0.6) is 0 Å². The molecule has 0 saturated carbocycles. The summed E-state index contributed by atoms with van der Waals surface area (Å²) in [5, 5.41) is 0. The lowest BCUT2D eigenvalue weighted by Crippen LogP contribution is -2.18. The van der Waals surface area contributed by atoms with Gasteiger partial charge in [0.05, 0.1) is 35.2 Å². The maximum absolute atomic E-state index is 11.8. The first kappa shape index (κ1) is 28.9. The van der Waals surface area contributed by atoms with E-state index in [4.69, 9.17) is 17.9 Å². The lowest BCUT2D eigenvalue weighted by atomic mass is 10.2. The number of carbonyl (C=O) groups excluding carboxylic acids is 2. The highest BCUT2D eigenvalue weighted by molar-refractivity contribution is 5.91. The molecule has 0 aliphatic heterocycles. The highest BCUT2D eigenvalue weighted by Crippen LogP contribution is 2.18. The van der Waals surface area contributed by atoms with Gasteiger partial charge < -0.3 is 11.5 Å². The average Bonchev–Trinajstić information content (AvgIpc) is 3.50. The molecule has 2 amide bonds. The number of amides is 2. The van der Waals surface area contributed by atoms with Crippen LogP contribution in [0.4, 0.5) is 0 Å². The molecule has 0 saturated heterocycles. The molecular weight excluding hydrogens is 530 g/mol. The molecule has 0 aliphatic carbocycles. The summed E-state index contributed by atoms with van der Waals surface area (Å²) in [7, 11) is 0. The van der Waals surface area contributed by atoms with E-state index < -0.39 is 11.8 Å². The molecule has 0 aromatic carbocycles. The standard InChI is InChI=1S/C18H15N5O.C13H12N4O/c1-12-5-7-15(11-21-12)23-13(2)16(22-18(23)17(19)24)8-6-14-4-3-9-20-10-14;1-4-11-9(3)17(13(16-11)12(14)18)10-6-5-8(2)15-7-10/h3-5,7,9-11H,1-2H3,(H2,19,24);1,5-7H,2-3H3,(H2,14,18). The van der Waals surface area contributed by atoms with Crippen molar-refractivity contribution in [1.29, 1.82) is 0 Å². The zero-order chi connectivity index (χ0) is 30.4. The van der Waals surface area contributed by atoms with Crippen LogP contribution in [0.25, 0.3) is 11.4 Å². The number of hydrogen-bond donors (Lipinski definition) is 2. The Morgan fingerprint density at radius 3 is 1.69 bits per heavy atom. The minimum atomic E-state index is -0.625. The van der Waals surface area contributed by atoms with Crippen molar-refractivity contribution in [2.75, 3.05) is 0 Å². The second kappa shape index (κ2) is 12.4. The van der Waals surface area contributed by atoms with E-state index in [1.807, 2.05) is 57.2 Å². The minimum absolute atomic E-state index is 0.117. The average molecular weight is 558 g/mol. The SMILES string of the molecule is C#Cc1nc(C(N)=O)n(-c2ccc(C)nc2)c1C.Cc1ccc(-n2c(C(N)=O)nc(C#Cc3cccnc3)c2C)cn1. The number of nitrogens with two attached hydrogens (primary N) is 2. The van der Waals surface area contributed by atoms with Crippen molar-refractivity contribution in [2.45, 2.75) is 27.7 Å². The highest BCUT2D eigenvalue weighted by Gasteiger charge is 2.19. The van der Waals surface area contributed by atoms with E-state index >= 15 is 0 Å². The molecule has 4 N–H and O–H groups in total. The summed E-state index contributed by atoms with van der Waals surface area (Å²) in [6, 6.07) is 11.1. The topological polar surface area (TPSA) is 160 Å². The maximum Gasteiger partial charge on any atom is 0.285 e. The molecule has 0 aliphatic rings. The van der Waals surface area contributed by atoms with Gasteiger partial charge in [0.25, 0.3) is 11.8 Å². The molecule has 0 radical (unpaired) electrons. The van der Waals surface area contributed by atoms with E-state index in [2.05, 4.69) is 42.7 Å². The van der Waals surface area contributed by atoms with Gasteiger partial charge in [-0.05, 0) is 75.9 Å². The summed E-state index contributed by atoms with van der Waals surface area (Å²) in [6.45, 7) is 7.40. The Morgan fingerprint density at radius 2 is 1.26 bits per heavy atom. The third-order valence-electron chi connectivity index (χ3n) is 6.09. The quantitative estimate of drug-likeness (QED) is 0.321. The normalized spacial score (nSPS) is 10.1. The van der Waals surface area contributed by atoms with Crippen LogP contribution in [0.1, 0.15) is 61.0 Å². The van der Waals surface area contributed by atoms with Gasteiger partial charge in [0, 0.05) is 29.3 Å². The number of aromatic nitrogens is 7. The van der Waals surface area contributed by atoms with Gasteiger partial charge >= 0.3 is 0 Å². The van der Waals surface area contributed by atoms with Crippen molar-refractivity contribution < 1.29 is 9.59 Å². The van der Waals surface area contributed by atoms with Gasteiger partial charge in [-0.15, -0.1) is 6.42 Å². The number of rotatable bonds is 4. The zero-order valence-electron chi connectivity index (χ0n) is 23.5. The molecular formula is C31H27N9O2. The molecule has 42 heavy (non-hydrogen) atoms. The third-order valence-corrected chi connectivity index (χ3v) is 6.09. The van der Waals surface area contributed by atoms with Crippen molar-refractivity contribution in [1.82, 2.24) is 34.1 Å². The molecule has 5 aromatic heterocycles. The Balaban J connectivity index is 0.000000201. The van der Waals surface area contributed by atoms with Gasteiger partial charge in [0.15, 0.2) is 0 Å². The smallest absolute Gasteiger partial charge is 0.285 e. The van der Waals surface area contributed by atoms with E-state index in [1.165, 1.54) is 0 Å². The van der Waals surface area contributed by atoms with Crippen LogP contribution in [-0.2, 0) is 0 Å². The van der Waals surface area contributed by atoms with E-state index in [1.54, 1.807) is 40.8 Å². The number of hydrogen-bond acceptors (Lipinski definition) is 7. The summed E-state index contributed by atoms with van der Waals surface area (Å²) in [5.41, 5.74) is 17.1. The van der Waals surface area contributed by atoms with Crippen molar-refractivity contribution in [2.24, 2.45) is 11.5 Å². The first-order chi connectivity index (χ1) is 20.1. The Morgan fingerprint density at radius 1 is 0.738 bits per heavy atom. The lowest BCUT2D eigenvalue weighted by Gasteiger charge is -2.07. The van der Waals surface area contributed by atoms with Crippen LogP contribution in [0.3, 0.4) is 0 Å². The van der Waals surface area contributed by atoms with Crippen molar-refractivity contribution >= 4 is 11.8 Å². The molecule has 11 nitrogen and oxygen atoms in total. The third kappa shape index (κ3) is 6.22. The second-order valence-electron chi connectivity index (χ2n) is 9.09.